The Hall–Kier alpha value is -2.37. The lowest BCUT2D eigenvalue weighted by Gasteiger charge is -2.11. The summed E-state index contributed by atoms with van der Waals surface area (Å²) >= 11 is 0. The molecule has 0 aliphatic carbocycles. The van der Waals surface area contributed by atoms with Gasteiger partial charge in [-0.1, -0.05) is 5.16 Å². The molecule has 0 bridgehead atoms. The summed E-state index contributed by atoms with van der Waals surface area (Å²) in [5, 5.41) is 16.0. The maximum atomic E-state index is 8.81. The Labute approximate surface area is 98.4 Å². The summed E-state index contributed by atoms with van der Waals surface area (Å²) in [6.45, 7) is 3.77. The van der Waals surface area contributed by atoms with E-state index in [4.69, 9.17) is 10.9 Å². The van der Waals surface area contributed by atoms with Gasteiger partial charge >= 0.3 is 0 Å². The number of hydrogen-bond donors (Lipinski definition) is 2. The van der Waals surface area contributed by atoms with Gasteiger partial charge in [-0.25, -0.2) is 9.67 Å². The molecular weight excluding hydrogens is 218 g/mol. The number of aryl methyl sites for hydroxylation is 2. The highest BCUT2D eigenvalue weighted by molar-refractivity contribution is 6.01. The van der Waals surface area contributed by atoms with Crippen LogP contribution in [-0.4, -0.2) is 25.8 Å². The summed E-state index contributed by atoms with van der Waals surface area (Å²) in [5.41, 5.74) is 7.99. The van der Waals surface area contributed by atoms with Gasteiger partial charge in [0.25, 0.3) is 0 Å². The average molecular weight is 231 g/mol. The van der Waals surface area contributed by atoms with E-state index in [9.17, 15) is 0 Å². The summed E-state index contributed by atoms with van der Waals surface area (Å²) in [6, 6.07) is 3.66. The smallest absolute Gasteiger partial charge is 0.174 e. The first-order chi connectivity index (χ1) is 8.13. The van der Waals surface area contributed by atoms with E-state index in [-0.39, 0.29) is 5.84 Å². The van der Waals surface area contributed by atoms with Crippen LogP contribution in [0.15, 0.2) is 29.7 Å². The Bertz CT molecular complexity index is 559. The molecule has 0 spiro atoms. The summed E-state index contributed by atoms with van der Waals surface area (Å²) in [6.07, 6.45) is 3.41. The van der Waals surface area contributed by atoms with Crippen molar-refractivity contribution >= 4 is 5.84 Å². The second kappa shape index (κ2) is 4.25. The minimum absolute atomic E-state index is 0.0282. The highest BCUT2D eigenvalue weighted by atomic mass is 16.4. The third kappa shape index (κ3) is 1.96. The lowest BCUT2D eigenvalue weighted by atomic mass is 10.1. The molecule has 0 aliphatic heterocycles. The van der Waals surface area contributed by atoms with Gasteiger partial charge in [-0.05, 0) is 31.5 Å². The number of amidine groups is 1. The third-order valence-corrected chi connectivity index (χ3v) is 2.41. The number of rotatable bonds is 2. The monoisotopic (exact) mass is 231 g/mol. The van der Waals surface area contributed by atoms with E-state index in [0.29, 0.717) is 11.4 Å². The predicted octanol–water partition coefficient (Wildman–Crippen LogP) is 0.979. The maximum Gasteiger partial charge on any atom is 0.174 e. The van der Waals surface area contributed by atoms with Gasteiger partial charge in [0.2, 0.25) is 0 Å². The minimum Gasteiger partial charge on any atom is -0.409 e. The van der Waals surface area contributed by atoms with Crippen LogP contribution in [0.1, 0.15) is 16.8 Å². The molecule has 6 heteroatoms. The summed E-state index contributed by atoms with van der Waals surface area (Å²) in [4.78, 5) is 4.37. The van der Waals surface area contributed by atoms with Crippen LogP contribution in [0, 0.1) is 13.8 Å². The molecule has 0 fully saturated rings. The van der Waals surface area contributed by atoms with Gasteiger partial charge in [0.05, 0.1) is 5.56 Å². The fourth-order valence-electron chi connectivity index (χ4n) is 1.74. The Balaban J connectivity index is 2.72. The topological polar surface area (TPSA) is 89.3 Å². The van der Waals surface area contributed by atoms with Crippen molar-refractivity contribution in [3.63, 3.8) is 0 Å². The Morgan fingerprint density at radius 2 is 2.24 bits per heavy atom. The van der Waals surface area contributed by atoms with Gasteiger partial charge in [0.1, 0.15) is 0 Å². The maximum absolute atomic E-state index is 8.81. The van der Waals surface area contributed by atoms with Gasteiger partial charge in [0.15, 0.2) is 11.7 Å². The molecule has 3 N–H and O–H groups in total. The zero-order chi connectivity index (χ0) is 12.4. The minimum atomic E-state index is 0.0282. The van der Waals surface area contributed by atoms with Gasteiger partial charge in [-0.3, -0.25) is 0 Å². The fraction of sp³-hybridized carbons (Fsp3) is 0.182. The first kappa shape index (κ1) is 11.1. The normalized spacial score (nSPS) is 11.8. The van der Waals surface area contributed by atoms with Crippen LogP contribution < -0.4 is 5.73 Å². The third-order valence-electron chi connectivity index (χ3n) is 2.41. The molecule has 0 aliphatic rings. The van der Waals surface area contributed by atoms with E-state index in [2.05, 4.69) is 15.2 Å². The van der Waals surface area contributed by atoms with Crippen molar-refractivity contribution in [1.29, 1.82) is 0 Å². The Morgan fingerprint density at radius 3 is 2.82 bits per heavy atom. The summed E-state index contributed by atoms with van der Waals surface area (Å²) in [7, 11) is 0. The molecule has 0 saturated heterocycles. The molecular formula is C11H13N5O. The molecule has 0 unspecified atom stereocenters. The number of oxime groups is 1. The lowest BCUT2D eigenvalue weighted by molar-refractivity contribution is 0.318. The molecule has 0 saturated carbocycles. The zero-order valence-corrected chi connectivity index (χ0v) is 9.62. The molecule has 0 amide bonds. The standard InChI is InChI=1S/C11H13N5O/c1-7-6-8(2)14-11(9(7)10(12)15-17)16-5-3-4-13-16/h3-6,17H,1-2H3,(H2,12,15). The Morgan fingerprint density at radius 1 is 1.47 bits per heavy atom. The first-order valence-corrected chi connectivity index (χ1v) is 5.09. The first-order valence-electron chi connectivity index (χ1n) is 5.09. The van der Waals surface area contributed by atoms with Gasteiger partial charge in [-0.15, -0.1) is 0 Å². The molecule has 17 heavy (non-hydrogen) atoms. The molecule has 0 aromatic carbocycles. The summed E-state index contributed by atoms with van der Waals surface area (Å²) in [5.74, 6) is 0.586. The van der Waals surface area contributed by atoms with Crippen molar-refractivity contribution in [2.24, 2.45) is 10.9 Å². The summed E-state index contributed by atoms with van der Waals surface area (Å²) < 4.78 is 1.59. The number of aromatic nitrogens is 3. The molecule has 2 heterocycles. The van der Waals surface area contributed by atoms with Crippen molar-refractivity contribution < 1.29 is 5.21 Å². The van der Waals surface area contributed by atoms with Crippen LogP contribution in [0.3, 0.4) is 0 Å². The van der Waals surface area contributed by atoms with Crippen LogP contribution in [0.2, 0.25) is 0 Å². The molecule has 2 aromatic heterocycles. The van der Waals surface area contributed by atoms with E-state index in [1.807, 2.05) is 19.9 Å². The quantitative estimate of drug-likeness (QED) is 0.349. The van der Waals surface area contributed by atoms with Crippen molar-refractivity contribution in [2.45, 2.75) is 13.8 Å². The predicted molar refractivity (Wildman–Crippen MR) is 63.3 cm³/mol. The van der Waals surface area contributed by atoms with Crippen molar-refractivity contribution in [1.82, 2.24) is 14.8 Å². The fourth-order valence-corrected chi connectivity index (χ4v) is 1.74. The van der Waals surface area contributed by atoms with Gasteiger partial charge in [-0.2, -0.15) is 5.10 Å². The van der Waals surface area contributed by atoms with Gasteiger partial charge in [0, 0.05) is 18.1 Å². The van der Waals surface area contributed by atoms with Crippen LogP contribution in [0.25, 0.3) is 5.82 Å². The number of hydrogen-bond acceptors (Lipinski definition) is 4. The average Bonchev–Trinajstić information content (AvgIpc) is 2.80. The SMILES string of the molecule is Cc1cc(C)c(C(N)=NO)c(-n2cccn2)n1. The number of pyridine rings is 1. The molecule has 2 rings (SSSR count). The van der Waals surface area contributed by atoms with E-state index < -0.39 is 0 Å². The largest absolute Gasteiger partial charge is 0.409 e. The number of nitrogens with zero attached hydrogens (tertiary/aromatic N) is 4. The zero-order valence-electron chi connectivity index (χ0n) is 9.62. The van der Waals surface area contributed by atoms with Crippen LogP contribution in [0.4, 0.5) is 0 Å². The molecule has 88 valence electrons. The van der Waals surface area contributed by atoms with E-state index in [1.54, 1.807) is 23.1 Å². The van der Waals surface area contributed by atoms with E-state index in [0.717, 1.165) is 11.3 Å². The highest BCUT2D eigenvalue weighted by Crippen LogP contribution is 2.17. The van der Waals surface area contributed by atoms with E-state index >= 15 is 0 Å². The molecule has 0 atom stereocenters. The molecule has 6 nitrogen and oxygen atoms in total. The second-order valence-electron chi connectivity index (χ2n) is 3.72. The van der Waals surface area contributed by atoms with Crippen LogP contribution >= 0.6 is 0 Å². The highest BCUT2D eigenvalue weighted by Gasteiger charge is 2.14. The second-order valence-corrected chi connectivity index (χ2v) is 3.72. The van der Waals surface area contributed by atoms with Crippen LogP contribution in [0.5, 0.6) is 0 Å². The lowest BCUT2D eigenvalue weighted by Crippen LogP contribution is -2.19. The van der Waals surface area contributed by atoms with E-state index in [1.165, 1.54) is 0 Å². The van der Waals surface area contributed by atoms with Gasteiger partial charge < -0.3 is 10.9 Å². The number of nitrogens with two attached hydrogens (primary N) is 1. The van der Waals surface area contributed by atoms with Crippen molar-refractivity contribution in [3.8, 4) is 5.82 Å². The van der Waals surface area contributed by atoms with Crippen LogP contribution in [-0.2, 0) is 0 Å². The van der Waals surface area contributed by atoms with Crippen molar-refractivity contribution in [3.05, 3.63) is 41.3 Å². The molecule has 0 radical (unpaired) electrons. The Kier molecular flexibility index (Phi) is 2.78. The molecule has 2 aromatic rings. The van der Waals surface area contributed by atoms with Crippen molar-refractivity contribution in [2.75, 3.05) is 0 Å².